The van der Waals surface area contributed by atoms with Crippen LogP contribution in [0.25, 0.3) is 11.0 Å². The zero-order valence-corrected chi connectivity index (χ0v) is 13.4. The summed E-state index contributed by atoms with van der Waals surface area (Å²) in [7, 11) is 0. The van der Waals surface area contributed by atoms with Crippen molar-refractivity contribution in [1.82, 2.24) is 4.90 Å². The molecular formula is C18H21NO5. The number of carbonyl (C=O) groups is 1. The minimum Gasteiger partial charge on any atom is -0.451 e. The van der Waals surface area contributed by atoms with Crippen molar-refractivity contribution in [2.45, 2.75) is 37.1 Å². The van der Waals surface area contributed by atoms with Crippen LogP contribution in [0, 0.1) is 0 Å². The van der Waals surface area contributed by atoms with Gasteiger partial charge in [0.05, 0.1) is 18.3 Å². The van der Waals surface area contributed by atoms with E-state index in [2.05, 4.69) is 0 Å². The third-order valence-corrected chi connectivity index (χ3v) is 5.18. The number of hydrogen-bond acceptors (Lipinski definition) is 5. The topological polar surface area (TPSA) is 83.1 Å². The predicted octanol–water partition coefficient (Wildman–Crippen LogP) is 1.55. The number of aliphatic hydroxyl groups is 2. The van der Waals surface area contributed by atoms with Gasteiger partial charge in [-0.05, 0) is 25.0 Å². The van der Waals surface area contributed by atoms with Crippen molar-refractivity contribution in [2.24, 2.45) is 0 Å². The lowest BCUT2D eigenvalue weighted by atomic mass is 9.82. The summed E-state index contributed by atoms with van der Waals surface area (Å²) < 4.78 is 11.5. The second-order valence-corrected chi connectivity index (χ2v) is 6.77. The van der Waals surface area contributed by atoms with E-state index in [1.165, 1.54) is 0 Å². The van der Waals surface area contributed by atoms with Gasteiger partial charge in [0.25, 0.3) is 5.91 Å². The number of piperidine rings is 1. The van der Waals surface area contributed by atoms with Crippen LogP contribution in [0.1, 0.15) is 29.8 Å². The lowest BCUT2D eigenvalue weighted by Crippen LogP contribution is -2.55. The first-order chi connectivity index (χ1) is 11.6. The number of furan rings is 1. The van der Waals surface area contributed by atoms with Crippen molar-refractivity contribution in [3.8, 4) is 0 Å². The van der Waals surface area contributed by atoms with Gasteiger partial charge in [0, 0.05) is 24.9 Å². The minimum absolute atomic E-state index is 0.113. The number of hydrogen-bond donors (Lipinski definition) is 2. The van der Waals surface area contributed by atoms with Gasteiger partial charge in [-0.1, -0.05) is 18.2 Å². The van der Waals surface area contributed by atoms with Crippen molar-refractivity contribution in [3.63, 3.8) is 0 Å². The van der Waals surface area contributed by atoms with E-state index in [-0.39, 0.29) is 12.5 Å². The summed E-state index contributed by atoms with van der Waals surface area (Å²) in [5, 5.41) is 20.4. The van der Waals surface area contributed by atoms with E-state index in [0.717, 1.165) is 5.39 Å². The van der Waals surface area contributed by atoms with Crippen molar-refractivity contribution in [3.05, 3.63) is 36.1 Å². The summed E-state index contributed by atoms with van der Waals surface area (Å²) >= 11 is 0. The normalized spacial score (nSPS) is 26.8. The highest BCUT2D eigenvalue weighted by atomic mass is 16.5. The maximum Gasteiger partial charge on any atom is 0.289 e. The fourth-order valence-corrected chi connectivity index (χ4v) is 3.66. The Morgan fingerprint density at radius 1 is 1.17 bits per heavy atom. The summed E-state index contributed by atoms with van der Waals surface area (Å²) in [6.07, 6.45) is 0.161. The number of benzene rings is 1. The molecule has 2 fully saturated rings. The monoisotopic (exact) mass is 331 g/mol. The standard InChI is InChI=1S/C18H21NO5/c20-13-10-18(23-11-14(13)21)5-7-19(8-6-18)17(22)16-9-12-3-1-2-4-15(12)24-16/h1-4,9,13-14,20-21H,5-8,10-11H2/t13-,14+/m1/s1. The Morgan fingerprint density at radius 2 is 1.92 bits per heavy atom. The smallest absolute Gasteiger partial charge is 0.289 e. The number of likely N-dealkylation sites (tertiary alicyclic amines) is 1. The minimum atomic E-state index is -0.814. The van der Waals surface area contributed by atoms with Crippen molar-refractivity contribution < 1.29 is 24.2 Å². The van der Waals surface area contributed by atoms with Crippen LogP contribution in [-0.2, 0) is 4.74 Å². The molecule has 0 aliphatic carbocycles. The predicted molar refractivity (Wildman–Crippen MR) is 86.7 cm³/mol. The van der Waals surface area contributed by atoms with Gasteiger partial charge in [-0.15, -0.1) is 0 Å². The summed E-state index contributed by atoms with van der Waals surface area (Å²) in [6.45, 7) is 1.26. The van der Waals surface area contributed by atoms with Gasteiger partial charge < -0.3 is 24.3 Å². The molecule has 128 valence electrons. The lowest BCUT2D eigenvalue weighted by Gasteiger charge is -2.46. The number of amides is 1. The molecule has 24 heavy (non-hydrogen) atoms. The number of ether oxygens (including phenoxy) is 1. The van der Waals surface area contributed by atoms with Gasteiger partial charge in [0.15, 0.2) is 5.76 Å². The van der Waals surface area contributed by atoms with Crippen LogP contribution in [0.3, 0.4) is 0 Å². The average molecular weight is 331 g/mol. The molecule has 1 aromatic heterocycles. The Labute approximate surface area is 139 Å². The Morgan fingerprint density at radius 3 is 2.62 bits per heavy atom. The van der Waals surface area contributed by atoms with E-state index in [0.29, 0.717) is 43.7 Å². The van der Waals surface area contributed by atoms with Gasteiger partial charge in [0.1, 0.15) is 11.7 Å². The second kappa shape index (κ2) is 5.88. The molecule has 4 rings (SSSR count). The van der Waals surface area contributed by atoms with E-state index in [1.54, 1.807) is 11.0 Å². The molecule has 0 radical (unpaired) electrons. The molecule has 3 heterocycles. The van der Waals surface area contributed by atoms with Gasteiger partial charge in [0.2, 0.25) is 0 Å². The lowest BCUT2D eigenvalue weighted by molar-refractivity contribution is -0.185. The van der Waals surface area contributed by atoms with Crippen LogP contribution >= 0.6 is 0 Å². The summed E-state index contributed by atoms with van der Waals surface area (Å²) in [5.74, 6) is 0.240. The molecule has 2 N–H and O–H groups in total. The quantitative estimate of drug-likeness (QED) is 0.828. The molecule has 6 heteroatoms. The molecule has 2 aliphatic rings. The van der Waals surface area contributed by atoms with Crippen LogP contribution < -0.4 is 0 Å². The number of nitrogens with zero attached hydrogens (tertiary/aromatic N) is 1. The molecule has 2 atom stereocenters. The van der Waals surface area contributed by atoms with E-state index in [1.807, 2.05) is 24.3 Å². The van der Waals surface area contributed by atoms with E-state index in [9.17, 15) is 15.0 Å². The van der Waals surface area contributed by atoms with Gasteiger partial charge in [-0.2, -0.15) is 0 Å². The van der Waals surface area contributed by atoms with Gasteiger partial charge in [-0.3, -0.25) is 4.79 Å². The molecule has 2 saturated heterocycles. The maximum absolute atomic E-state index is 12.7. The Balaban J connectivity index is 1.44. The van der Waals surface area contributed by atoms with Gasteiger partial charge in [-0.25, -0.2) is 0 Å². The molecule has 2 aliphatic heterocycles. The summed E-state index contributed by atoms with van der Waals surface area (Å²) in [5.41, 5.74) is 0.283. The Bertz CT molecular complexity index is 714. The van der Waals surface area contributed by atoms with E-state index in [4.69, 9.17) is 9.15 Å². The summed E-state index contributed by atoms with van der Waals surface area (Å²) in [4.78, 5) is 14.4. The molecule has 2 aromatic rings. The average Bonchev–Trinajstić information content (AvgIpc) is 3.03. The zero-order valence-electron chi connectivity index (χ0n) is 13.4. The Kier molecular flexibility index (Phi) is 3.83. The van der Waals surface area contributed by atoms with Crippen molar-refractivity contribution in [1.29, 1.82) is 0 Å². The van der Waals surface area contributed by atoms with Crippen LogP contribution in [0.4, 0.5) is 0 Å². The molecule has 0 bridgehead atoms. The second-order valence-electron chi connectivity index (χ2n) is 6.77. The zero-order chi connectivity index (χ0) is 16.7. The summed E-state index contributed by atoms with van der Waals surface area (Å²) in [6, 6.07) is 9.34. The first-order valence-corrected chi connectivity index (χ1v) is 8.34. The number of para-hydroxylation sites is 1. The largest absolute Gasteiger partial charge is 0.451 e. The molecular weight excluding hydrogens is 310 g/mol. The van der Waals surface area contributed by atoms with Crippen LogP contribution in [0.15, 0.2) is 34.7 Å². The number of rotatable bonds is 1. The highest BCUT2D eigenvalue weighted by Gasteiger charge is 2.43. The van der Waals surface area contributed by atoms with E-state index >= 15 is 0 Å². The van der Waals surface area contributed by atoms with E-state index < -0.39 is 17.8 Å². The first kappa shape index (κ1) is 15.6. The maximum atomic E-state index is 12.7. The SMILES string of the molecule is O=C(c1cc2ccccc2o1)N1CCC2(CC1)C[C@@H](O)[C@@H](O)CO2. The third-order valence-electron chi connectivity index (χ3n) is 5.18. The van der Waals surface area contributed by atoms with Gasteiger partial charge >= 0.3 is 0 Å². The van der Waals surface area contributed by atoms with Crippen LogP contribution in [0.5, 0.6) is 0 Å². The first-order valence-electron chi connectivity index (χ1n) is 8.34. The van der Waals surface area contributed by atoms with Crippen LogP contribution in [-0.4, -0.2) is 58.5 Å². The number of aliphatic hydroxyl groups excluding tert-OH is 2. The van der Waals surface area contributed by atoms with Crippen molar-refractivity contribution in [2.75, 3.05) is 19.7 Å². The number of carbonyl (C=O) groups excluding carboxylic acids is 1. The molecule has 0 saturated carbocycles. The molecule has 0 unspecified atom stereocenters. The van der Waals surface area contributed by atoms with Crippen LogP contribution in [0.2, 0.25) is 0 Å². The Hall–Kier alpha value is -1.89. The third kappa shape index (κ3) is 2.70. The fraction of sp³-hybridized carbons (Fsp3) is 0.500. The van der Waals surface area contributed by atoms with Crippen molar-refractivity contribution >= 4 is 16.9 Å². The highest BCUT2D eigenvalue weighted by Crippen LogP contribution is 2.35. The number of fused-ring (bicyclic) bond motifs is 1. The molecule has 1 spiro atoms. The highest BCUT2D eigenvalue weighted by molar-refractivity contribution is 5.96. The molecule has 1 aromatic carbocycles. The fourth-order valence-electron chi connectivity index (χ4n) is 3.66. The molecule has 1 amide bonds. The molecule has 6 nitrogen and oxygen atoms in total.